The zero-order valence-electron chi connectivity index (χ0n) is 12.3. The molecule has 2 atom stereocenters. The van der Waals surface area contributed by atoms with Crippen LogP contribution in [-0.2, 0) is 6.18 Å². The lowest BCUT2D eigenvalue weighted by Gasteiger charge is -2.27. The van der Waals surface area contributed by atoms with E-state index in [0.29, 0.717) is 5.75 Å². The van der Waals surface area contributed by atoms with Gasteiger partial charge in [0.2, 0.25) is 0 Å². The first-order valence-electron chi connectivity index (χ1n) is 6.92. The fourth-order valence-electron chi connectivity index (χ4n) is 2.00. The Kier molecular flexibility index (Phi) is 5.13. The molecular weight excluding hydrogens is 311 g/mol. The van der Waals surface area contributed by atoms with Crippen LogP contribution < -0.4 is 10.5 Å². The summed E-state index contributed by atoms with van der Waals surface area (Å²) in [5.41, 5.74) is 5.51. The summed E-state index contributed by atoms with van der Waals surface area (Å²) in [7, 11) is 0. The highest BCUT2D eigenvalue weighted by Crippen LogP contribution is 2.33. The standard InChI is InChI=1S/C16H18F3NOS/c1-10(2)14(20)15(13-4-3-9-22-13)21-12-7-5-11(6-8-12)16(17,18)19/h3-10,14-15H,20H2,1-2H3. The molecule has 22 heavy (non-hydrogen) atoms. The van der Waals surface area contributed by atoms with E-state index >= 15 is 0 Å². The summed E-state index contributed by atoms with van der Waals surface area (Å²) < 4.78 is 43.6. The normalized spacial score (nSPS) is 14.9. The predicted molar refractivity (Wildman–Crippen MR) is 81.9 cm³/mol. The van der Waals surface area contributed by atoms with Gasteiger partial charge in [-0.2, -0.15) is 13.2 Å². The van der Waals surface area contributed by atoms with E-state index in [1.807, 2.05) is 31.4 Å². The predicted octanol–water partition coefficient (Wildman–Crippen LogP) is 4.87. The highest BCUT2D eigenvalue weighted by molar-refractivity contribution is 7.10. The molecule has 0 saturated heterocycles. The SMILES string of the molecule is CC(C)C(N)C(Oc1ccc(C(F)(F)F)cc1)c1cccs1. The fourth-order valence-corrected chi connectivity index (χ4v) is 2.81. The van der Waals surface area contributed by atoms with Crippen LogP contribution in [0.3, 0.4) is 0 Å². The molecule has 2 aromatic rings. The number of nitrogens with two attached hydrogens (primary N) is 1. The Balaban J connectivity index is 2.21. The van der Waals surface area contributed by atoms with Gasteiger partial charge in [-0.3, -0.25) is 0 Å². The Morgan fingerprint density at radius 3 is 2.18 bits per heavy atom. The Bertz CT molecular complexity index is 578. The number of benzene rings is 1. The lowest BCUT2D eigenvalue weighted by atomic mass is 9.98. The average molecular weight is 329 g/mol. The molecular formula is C16H18F3NOS. The Labute approximate surface area is 131 Å². The van der Waals surface area contributed by atoms with Crippen LogP contribution in [-0.4, -0.2) is 6.04 Å². The van der Waals surface area contributed by atoms with Gasteiger partial charge >= 0.3 is 6.18 Å². The molecule has 0 aliphatic rings. The molecule has 0 aliphatic heterocycles. The lowest BCUT2D eigenvalue weighted by molar-refractivity contribution is -0.137. The van der Waals surface area contributed by atoms with Crippen molar-refractivity contribution in [2.75, 3.05) is 0 Å². The maximum absolute atomic E-state index is 12.6. The van der Waals surface area contributed by atoms with E-state index in [4.69, 9.17) is 10.5 Å². The second-order valence-corrected chi connectivity index (χ2v) is 6.38. The largest absolute Gasteiger partial charge is 0.483 e. The molecule has 0 saturated carbocycles. The van der Waals surface area contributed by atoms with Crippen molar-refractivity contribution in [3.63, 3.8) is 0 Å². The molecule has 2 nitrogen and oxygen atoms in total. The number of hydrogen-bond donors (Lipinski definition) is 1. The van der Waals surface area contributed by atoms with Crippen molar-refractivity contribution in [3.05, 3.63) is 52.2 Å². The van der Waals surface area contributed by atoms with Crippen LogP contribution in [0.4, 0.5) is 13.2 Å². The average Bonchev–Trinajstić information content (AvgIpc) is 2.97. The minimum absolute atomic E-state index is 0.182. The number of rotatable bonds is 5. The van der Waals surface area contributed by atoms with Crippen LogP contribution in [0, 0.1) is 5.92 Å². The summed E-state index contributed by atoms with van der Waals surface area (Å²) in [6, 6.07) is 8.26. The van der Waals surface area contributed by atoms with Gasteiger partial charge in [0, 0.05) is 10.9 Å². The van der Waals surface area contributed by atoms with Crippen LogP contribution in [0.5, 0.6) is 5.75 Å². The highest BCUT2D eigenvalue weighted by atomic mass is 32.1. The zero-order valence-corrected chi connectivity index (χ0v) is 13.1. The minimum Gasteiger partial charge on any atom is -0.483 e. The minimum atomic E-state index is -4.35. The van der Waals surface area contributed by atoms with Gasteiger partial charge in [0.25, 0.3) is 0 Å². The molecule has 0 bridgehead atoms. The molecule has 120 valence electrons. The van der Waals surface area contributed by atoms with Crippen molar-refractivity contribution in [3.8, 4) is 5.75 Å². The lowest BCUT2D eigenvalue weighted by Crippen LogP contribution is -2.36. The third-order valence-electron chi connectivity index (χ3n) is 3.39. The summed E-state index contributed by atoms with van der Waals surface area (Å²) in [4.78, 5) is 0.959. The number of thiophene rings is 1. The number of hydrogen-bond acceptors (Lipinski definition) is 3. The molecule has 0 fully saturated rings. The number of alkyl halides is 3. The van der Waals surface area contributed by atoms with Gasteiger partial charge in [-0.25, -0.2) is 0 Å². The van der Waals surface area contributed by atoms with Crippen LogP contribution in [0.2, 0.25) is 0 Å². The van der Waals surface area contributed by atoms with Gasteiger partial charge in [-0.15, -0.1) is 11.3 Å². The van der Waals surface area contributed by atoms with E-state index in [2.05, 4.69) is 0 Å². The van der Waals surface area contributed by atoms with E-state index in [1.54, 1.807) is 0 Å². The molecule has 0 radical (unpaired) electrons. The van der Waals surface area contributed by atoms with Gasteiger partial charge in [-0.05, 0) is 41.6 Å². The van der Waals surface area contributed by atoms with Crippen LogP contribution >= 0.6 is 11.3 Å². The topological polar surface area (TPSA) is 35.2 Å². The molecule has 1 aromatic carbocycles. The first-order valence-corrected chi connectivity index (χ1v) is 7.80. The quantitative estimate of drug-likeness (QED) is 0.849. The summed E-state index contributed by atoms with van der Waals surface area (Å²) in [5, 5.41) is 1.92. The van der Waals surface area contributed by atoms with Crippen molar-refractivity contribution in [2.24, 2.45) is 11.7 Å². The van der Waals surface area contributed by atoms with Gasteiger partial charge < -0.3 is 10.5 Å². The van der Waals surface area contributed by atoms with Crippen LogP contribution in [0.1, 0.15) is 30.4 Å². The van der Waals surface area contributed by atoms with E-state index in [-0.39, 0.29) is 18.1 Å². The molecule has 2 N–H and O–H groups in total. The monoisotopic (exact) mass is 329 g/mol. The number of ether oxygens (including phenoxy) is 1. The summed E-state index contributed by atoms with van der Waals surface area (Å²) in [6.07, 6.45) is -4.73. The Morgan fingerprint density at radius 1 is 1.09 bits per heavy atom. The third-order valence-corrected chi connectivity index (χ3v) is 4.32. The van der Waals surface area contributed by atoms with E-state index in [0.717, 1.165) is 17.0 Å². The van der Waals surface area contributed by atoms with Gasteiger partial charge in [-0.1, -0.05) is 19.9 Å². The van der Waals surface area contributed by atoms with Crippen LogP contribution in [0.25, 0.3) is 0 Å². The van der Waals surface area contributed by atoms with Crippen molar-refractivity contribution in [2.45, 2.75) is 32.2 Å². The second kappa shape index (κ2) is 6.71. The van der Waals surface area contributed by atoms with Crippen LogP contribution in [0.15, 0.2) is 41.8 Å². The maximum Gasteiger partial charge on any atom is 0.416 e. The first-order chi connectivity index (χ1) is 10.3. The van der Waals surface area contributed by atoms with Crippen molar-refractivity contribution >= 4 is 11.3 Å². The third kappa shape index (κ3) is 4.01. The molecule has 1 aromatic heterocycles. The van der Waals surface area contributed by atoms with E-state index in [1.165, 1.54) is 23.5 Å². The van der Waals surface area contributed by atoms with E-state index < -0.39 is 11.7 Å². The molecule has 6 heteroatoms. The van der Waals surface area contributed by atoms with Gasteiger partial charge in [0.05, 0.1) is 5.56 Å². The van der Waals surface area contributed by atoms with E-state index in [9.17, 15) is 13.2 Å². The molecule has 0 amide bonds. The van der Waals surface area contributed by atoms with Crippen molar-refractivity contribution in [1.82, 2.24) is 0 Å². The van der Waals surface area contributed by atoms with Gasteiger partial charge in [0.1, 0.15) is 11.9 Å². The zero-order chi connectivity index (χ0) is 16.3. The smallest absolute Gasteiger partial charge is 0.416 e. The molecule has 0 aliphatic carbocycles. The fraction of sp³-hybridized carbons (Fsp3) is 0.375. The first kappa shape index (κ1) is 16.8. The Hall–Kier alpha value is -1.53. The second-order valence-electron chi connectivity index (χ2n) is 5.40. The highest BCUT2D eigenvalue weighted by Gasteiger charge is 2.30. The summed E-state index contributed by atoms with van der Waals surface area (Å²) in [5.74, 6) is 0.559. The molecule has 0 spiro atoms. The summed E-state index contributed by atoms with van der Waals surface area (Å²) in [6.45, 7) is 3.97. The number of halogens is 3. The maximum atomic E-state index is 12.6. The van der Waals surface area contributed by atoms with Crippen molar-refractivity contribution < 1.29 is 17.9 Å². The summed E-state index contributed by atoms with van der Waals surface area (Å²) >= 11 is 1.52. The van der Waals surface area contributed by atoms with Crippen molar-refractivity contribution in [1.29, 1.82) is 0 Å². The molecule has 1 heterocycles. The molecule has 2 unspecified atom stereocenters. The van der Waals surface area contributed by atoms with Gasteiger partial charge in [0.15, 0.2) is 0 Å². The molecule has 2 rings (SSSR count). The Morgan fingerprint density at radius 2 is 1.73 bits per heavy atom.